The number of nitrogens with one attached hydrogen (secondary N) is 1. The van der Waals surface area contributed by atoms with Gasteiger partial charge in [0.25, 0.3) is 0 Å². The lowest BCUT2D eigenvalue weighted by molar-refractivity contribution is -0.286. The van der Waals surface area contributed by atoms with Crippen LogP contribution >= 0.6 is 0 Å². The molecule has 1 aliphatic carbocycles. The molecule has 32 heavy (non-hydrogen) atoms. The molecule has 2 fully saturated rings. The fraction of sp³-hybridized carbons (Fsp3) is 0.391. The molecule has 168 valence electrons. The molecule has 2 aliphatic heterocycles. The highest BCUT2D eigenvalue weighted by molar-refractivity contribution is 5.91. The molecule has 0 spiro atoms. The van der Waals surface area contributed by atoms with Crippen molar-refractivity contribution < 1.29 is 37.7 Å². The van der Waals surface area contributed by atoms with Gasteiger partial charge in [-0.05, 0) is 61.1 Å². The number of hydrogen-bond donors (Lipinski definition) is 2. The summed E-state index contributed by atoms with van der Waals surface area (Å²) < 4.78 is 41.4. The highest BCUT2D eigenvalue weighted by Gasteiger charge is 2.53. The van der Waals surface area contributed by atoms with E-state index in [0.717, 1.165) is 5.56 Å². The highest BCUT2D eigenvalue weighted by Crippen LogP contribution is 2.52. The molecule has 2 aromatic rings. The van der Waals surface area contributed by atoms with Gasteiger partial charge in [-0.2, -0.15) is 0 Å². The van der Waals surface area contributed by atoms with Crippen molar-refractivity contribution in [3.8, 4) is 11.5 Å². The van der Waals surface area contributed by atoms with Crippen molar-refractivity contribution in [2.75, 3.05) is 6.61 Å². The van der Waals surface area contributed by atoms with Crippen molar-refractivity contribution in [2.45, 2.75) is 49.5 Å². The van der Waals surface area contributed by atoms with Crippen molar-refractivity contribution in [1.29, 1.82) is 0 Å². The van der Waals surface area contributed by atoms with E-state index in [0.29, 0.717) is 37.9 Å². The summed E-state index contributed by atoms with van der Waals surface area (Å²) in [5.74, 6) is -1.29. The molecular weight excluding hydrogens is 424 g/mol. The minimum Gasteiger partial charge on any atom is -0.478 e. The van der Waals surface area contributed by atoms with E-state index in [1.54, 1.807) is 18.2 Å². The van der Waals surface area contributed by atoms with Crippen LogP contribution in [0.15, 0.2) is 42.5 Å². The van der Waals surface area contributed by atoms with Crippen LogP contribution in [0, 0.1) is 0 Å². The highest BCUT2D eigenvalue weighted by atomic mass is 19.3. The monoisotopic (exact) mass is 445 g/mol. The number of amides is 1. The Morgan fingerprint density at radius 1 is 1.06 bits per heavy atom. The number of carboxylic acid groups (broad SMARTS) is 1. The average molecular weight is 445 g/mol. The van der Waals surface area contributed by atoms with Crippen molar-refractivity contribution in [2.24, 2.45) is 0 Å². The largest absolute Gasteiger partial charge is 0.586 e. The molecule has 0 bridgehead atoms. The van der Waals surface area contributed by atoms with Gasteiger partial charge in [-0.15, -0.1) is 8.78 Å². The predicted molar refractivity (Wildman–Crippen MR) is 107 cm³/mol. The van der Waals surface area contributed by atoms with Crippen molar-refractivity contribution in [3.63, 3.8) is 0 Å². The lowest BCUT2D eigenvalue weighted by Gasteiger charge is -2.31. The van der Waals surface area contributed by atoms with Crippen LogP contribution in [0.4, 0.5) is 8.78 Å². The maximum atomic E-state index is 13.3. The predicted octanol–water partition coefficient (Wildman–Crippen LogP) is 3.77. The molecule has 1 saturated heterocycles. The van der Waals surface area contributed by atoms with Gasteiger partial charge in [-0.25, -0.2) is 4.79 Å². The second-order valence-corrected chi connectivity index (χ2v) is 8.40. The molecule has 2 N–H and O–H groups in total. The summed E-state index contributed by atoms with van der Waals surface area (Å²) in [6.45, 7) is 0.430. The molecule has 0 radical (unpaired) electrons. The van der Waals surface area contributed by atoms with Gasteiger partial charge in [-0.3, -0.25) is 4.79 Å². The number of hydrogen-bond acceptors (Lipinski definition) is 5. The van der Waals surface area contributed by atoms with E-state index < -0.39 is 17.7 Å². The fourth-order valence-corrected chi connectivity index (χ4v) is 4.37. The lowest BCUT2D eigenvalue weighted by Crippen LogP contribution is -2.44. The normalized spacial score (nSPS) is 24.6. The molecule has 9 heteroatoms. The summed E-state index contributed by atoms with van der Waals surface area (Å²) in [7, 11) is 0. The minimum absolute atomic E-state index is 0.0502. The SMILES string of the molecule is O=C(O)c1cccc([C@H]2C[C@@H](NC(=O)C3(c4ccc5c(c4)OC(F)(F)O5)CC3)CCO2)c1. The first-order valence-electron chi connectivity index (χ1n) is 10.4. The van der Waals surface area contributed by atoms with Crippen LogP contribution in [0.5, 0.6) is 11.5 Å². The Hall–Kier alpha value is -3.20. The Morgan fingerprint density at radius 2 is 1.84 bits per heavy atom. The number of carbonyl (C=O) groups excluding carboxylic acids is 1. The number of alkyl halides is 2. The van der Waals surface area contributed by atoms with E-state index in [-0.39, 0.29) is 35.1 Å². The number of carbonyl (C=O) groups is 2. The summed E-state index contributed by atoms with van der Waals surface area (Å²) in [5.41, 5.74) is 0.782. The van der Waals surface area contributed by atoms with E-state index >= 15 is 0 Å². The quantitative estimate of drug-likeness (QED) is 0.728. The number of halogens is 2. The minimum atomic E-state index is -3.70. The van der Waals surface area contributed by atoms with E-state index in [4.69, 9.17) is 4.74 Å². The average Bonchev–Trinajstić information content (AvgIpc) is 3.51. The van der Waals surface area contributed by atoms with Crippen LogP contribution < -0.4 is 14.8 Å². The van der Waals surface area contributed by atoms with Gasteiger partial charge in [-0.1, -0.05) is 18.2 Å². The fourth-order valence-electron chi connectivity index (χ4n) is 4.37. The van der Waals surface area contributed by atoms with Gasteiger partial charge in [0.1, 0.15) is 0 Å². The van der Waals surface area contributed by atoms with Gasteiger partial charge in [0, 0.05) is 12.6 Å². The maximum absolute atomic E-state index is 13.3. The summed E-state index contributed by atoms with van der Waals surface area (Å²) in [6, 6.07) is 10.9. The van der Waals surface area contributed by atoms with Gasteiger partial charge in [0.05, 0.1) is 17.1 Å². The first-order chi connectivity index (χ1) is 15.3. The first-order valence-corrected chi connectivity index (χ1v) is 10.4. The second-order valence-electron chi connectivity index (χ2n) is 8.40. The number of ether oxygens (including phenoxy) is 3. The van der Waals surface area contributed by atoms with Gasteiger partial charge in [0.15, 0.2) is 11.5 Å². The van der Waals surface area contributed by atoms with Crippen molar-refractivity contribution >= 4 is 11.9 Å². The molecule has 7 nitrogen and oxygen atoms in total. The summed E-state index contributed by atoms with van der Waals surface area (Å²) >= 11 is 0. The van der Waals surface area contributed by atoms with Crippen LogP contribution in [0.25, 0.3) is 0 Å². The van der Waals surface area contributed by atoms with E-state index in [1.807, 2.05) is 6.07 Å². The molecule has 5 rings (SSSR count). The third-order valence-corrected chi connectivity index (χ3v) is 6.26. The number of fused-ring (bicyclic) bond motifs is 1. The van der Waals surface area contributed by atoms with E-state index in [1.165, 1.54) is 18.2 Å². The Balaban J connectivity index is 1.28. The van der Waals surface area contributed by atoms with Crippen LogP contribution in [0.2, 0.25) is 0 Å². The summed E-state index contributed by atoms with van der Waals surface area (Å²) in [6.07, 6.45) is -1.65. The molecule has 2 aromatic carbocycles. The number of carboxylic acids is 1. The molecule has 0 aromatic heterocycles. The lowest BCUT2D eigenvalue weighted by atomic mass is 9.92. The molecule has 2 atom stereocenters. The van der Waals surface area contributed by atoms with Crippen molar-refractivity contribution in [1.82, 2.24) is 5.32 Å². The third-order valence-electron chi connectivity index (χ3n) is 6.26. The second kappa shape index (κ2) is 7.44. The van der Waals surface area contributed by atoms with Crippen LogP contribution in [0.3, 0.4) is 0 Å². The third kappa shape index (κ3) is 3.77. The number of benzene rings is 2. The summed E-state index contributed by atoms with van der Waals surface area (Å²) in [5, 5.41) is 12.3. The molecular formula is C23H21F2NO6. The zero-order chi connectivity index (χ0) is 22.5. The molecule has 1 saturated carbocycles. The Morgan fingerprint density at radius 3 is 2.59 bits per heavy atom. The van der Waals surface area contributed by atoms with Crippen LogP contribution in [-0.2, 0) is 14.9 Å². The maximum Gasteiger partial charge on any atom is 0.586 e. The smallest absolute Gasteiger partial charge is 0.478 e. The standard InChI is InChI=1S/C23H21F2NO6/c24-23(25)31-17-5-4-15(11-19(17)32-23)22(7-8-22)21(29)26-16-6-9-30-18(12-16)13-2-1-3-14(10-13)20(27)28/h1-5,10-11,16,18H,6-9,12H2,(H,26,29)(H,27,28)/t16-,18+/m0/s1. The first kappa shape index (κ1) is 20.7. The zero-order valence-electron chi connectivity index (χ0n) is 17.0. The summed E-state index contributed by atoms with van der Waals surface area (Å²) in [4.78, 5) is 24.4. The van der Waals surface area contributed by atoms with E-state index in [9.17, 15) is 23.5 Å². The topological polar surface area (TPSA) is 94.1 Å². The number of aromatic carboxylic acids is 1. The number of rotatable bonds is 5. The van der Waals surface area contributed by atoms with Gasteiger partial charge in [0.2, 0.25) is 5.91 Å². The van der Waals surface area contributed by atoms with Crippen LogP contribution in [-0.4, -0.2) is 35.9 Å². The molecule has 0 unspecified atom stereocenters. The Bertz CT molecular complexity index is 1080. The van der Waals surface area contributed by atoms with E-state index in [2.05, 4.69) is 14.8 Å². The molecule has 1 amide bonds. The Labute approximate surface area is 182 Å². The van der Waals surface area contributed by atoms with Gasteiger partial charge >= 0.3 is 12.3 Å². The molecule has 2 heterocycles. The molecule has 3 aliphatic rings. The zero-order valence-corrected chi connectivity index (χ0v) is 17.0. The van der Waals surface area contributed by atoms with Crippen molar-refractivity contribution in [3.05, 3.63) is 59.2 Å². The van der Waals surface area contributed by atoms with Crippen LogP contribution in [0.1, 0.15) is 53.3 Å². The van der Waals surface area contributed by atoms with Gasteiger partial charge < -0.3 is 24.6 Å². The Kier molecular flexibility index (Phi) is 4.81.